The van der Waals surface area contributed by atoms with Crippen LogP contribution in [0.2, 0.25) is 39.3 Å². The maximum atomic E-state index is 13.4. The number of rotatable bonds is 6. The molecule has 0 heterocycles. The summed E-state index contributed by atoms with van der Waals surface area (Å²) in [7, 11) is -3.50. The maximum Gasteiger partial charge on any atom is 0.184 e. The van der Waals surface area contributed by atoms with Gasteiger partial charge in [-0.25, -0.2) is 0 Å². The molecule has 0 bridgehead atoms. The highest BCUT2D eigenvalue weighted by Crippen LogP contribution is 2.67. The molecule has 186 valence electrons. The minimum Gasteiger partial charge on any atom is -0.414 e. The van der Waals surface area contributed by atoms with E-state index in [1.165, 1.54) is 5.57 Å². The SMILES string of the molecule is CC12CCC(=O)C=C1CCC1C2C(O[Si](C)(C)C)CC2(C)C(C(=O)CO[Si](C)(C)C)CCC12. The van der Waals surface area contributed by atoms with Crippen LogP contribution in [-0.2, 0) is 18.4 Å². The zero-order valence-corrected chi connectivity index (χ0v) is 24.3. The van der Waals surface area contributed by atoms with Gasteiger partial charge in [-0.2, -0.15) is 0 Å². The van der Waals surface area contributed by atoms with Gasteiger partial charge >= 0.3 is 0 Å². The second kappa shape index (κ2) is 8.53. The molecule has 7 unspecified atom stereocenters. The Hall–Kier alpha value is -0.566. The molecule has 0 aliphatic heterocycles. The van der Waals surface area contributed by atoms with Gasteiger partial charge in [0.25, 0.3) is 0 Å². The summed E-state index contributed by atoms with van der Waals surface area (Å²) in [5.41, 5.74) is 1.43. The zero-order chi connectivity index (χ0) is 24.4. The molecule has 0 aromatic rings. The Balaban J connectivity index is 1.67. The molecule has 4 rings (SSSR count). The second-order valence-corrected chi connectivity index (χ2v) is 22.8. The van der Waals surface area contributed by atoms with E-state index in [0.717, 1.165) is 38.5 Å². The van der Waals surface area contributed by atoms with E-state index in [9.17, 15) is 9.59 Å². The Bertz CT molecular complexity index is 838. The number of hydrogen-bond donors (Lipinski definition) is 0. The Morgan fingerprint density at radius 3 is 2.36 bits per heavy atom. The number of allylic oxidation sites excluding steroid dienone is 1. The smallest absolute Gasteiger partial charge is 0.184 e. The average Bonchev–Trinajstić information content (AvgIpc) is 3.01. The van der Waals surface area contributed by atoms with E-state index in [-0.39, 0.29) is 29.5 Å². The van der Waals surface area contributed by atoms with Gasteiger partial charge in [-0.05, 0) is 112 Å². The third kappa shape index (κ3) is 4.79. The lowest BCUT2D eigenvalue weighted by molar-refractivity contribution is -0.143. The summed E-state index contributed by atoms with van der Waals surface area (Å²) in [6, 6.07) is 0. The van der Waals surface area contributed by atoms with Crippen molar-refractivity contribution in [3.63, 3.8) is 0 Å². The molecular formula is C27H46O4Si2. The van der Waals surface area contributed by atoms with Gasteiger partial charge in [-0.3, -0.25) is 9.59 Å². The van der Waals surface area contributed by atoms with E-state index >= 15 is 0 Å². The second-order valence-electron chi connectivity index (χ2n) is 13.9. The molecule has 0 aromatic carbocycles. The summed E-state index contributed by atoms with van der Waals surface area (Å²) in [6.45, 7) is 18.5. The highest BCUT2D eigenvalue weighted by molar-refractivity contribution is 6.70. The van der Waals surface area contributed by atoms with E-state index in [0.29, 0.717) is 35.7 Å². The summed E-state index contributed by atoms with van der Waals surface area (Å²) in [4.78, 5) is 25.7. The van der Waals surface area contributed by atoms with Gasteiger partial charge in [0.15, 0.2) is 28.2 Å². The molecule has 4 nitrogen and oxygen atoms in total. The molecular weight excluding hydrogens is 444 g/mol. The molecule has 7 atom stereocenters. The molecule has 0 amide bonds. The van der Waals surface area contributed by atoms with E-state index in [1.54, 1.807) is 0 Å². The van der Waals surface area contributed by atoms with Gasteiger partial charge in [-0.15, -0.1) is 0 Å². The normalized spacial score (nSPS) is 41.2. The maximum absolute atomic E-state index is 13.4. The minimum absolute atomic E-state index is 0.00652. The standard InChI is InChI=1S/C27H46O4Si2/c1-26-14-13-19(28)15-18(26)9-10-20-21-11-12-22(23(29)17-30-32(3,4)5)27(21,2)16-24(25(20)26)31-33(6,7)8/h15,20-22,24-25H,9-14,16-17H2,1-8H3. The Kier molecular flexibility index (Phi) is 6.60. The topological polar surface area (TPSA) is 52.6 Å². The number of fused-ring (bicyclic) bond motifs is 5. The third-order valence-electron chi connectivity index (χ3n) is 9.41. The Morgan fingerprint density at radius 1 is 1.03 bits per heavy atom. The van der Waals surface area contributed by atoms with Crippen molar-refractivity contribution in [2.45, 2.75) is 104 Å². The van der Waals surface area contributed by atoms with Gasteiger partial charge in [0.2, 0.25) is 0 Å². The van der Waals surface area contributed by atoms with E-state index < -0.39 is 16.6 Å². The first kappa shape index (κ1) is 25.5. The lowest BCUT2D eigenvalue weighted by atomic mass is 9.46. The largest absolute Gasteiger partial charge is 0.414 e. The van der Waals surface area contributed by atoms with Crippen molar-refractivity contribution < 1.29 is 18.4 Å². The monoisotopic (exact) mass is 490 g/mol. The number of Topliss-reactive ketones (excluding diaryl/α,β-unsaturated/α-hetero) is 1. The van der Waals surface area contributed by atoms with Crippen LogP contribution in [0.1, 0.15) is 58.8 Å². The predicted octanol–water partition coefficient (Wildman–Crippen LogP) is 6.39. The summed E-state index contributed by atoms with van der Waals surface area (Å²) in [6.07, 6.45) is 9.07. The van der Waals surface area contributed by atoms with E-state index in [4.69, 9.17) is 8.85 Å². The molecule has 3 fully saturated rings. The first-order valence-electron chi connectivity index (χ1n) is 13.2. The van der Waals surface area contributed by atoms with Gasteiger partial charge in [-0.1, -0.05) is 19.4 Å². The van der Waals surface area contributed by atoms with Gasteiger partial charge in [0, 0.05) is 18.4 Å². The number of ketones is 2. The van der Waals surface area contributed by atoms with E-state index in [2.05, 4.69) is 53.1 Å². The Morgan fingerprint density at radius 2 is 1.73 bits per heavy atom. The number of carbonyl (C=O) groups is 2. The van der Waals surface area contributed by atoms with Gasteiger partial charge < -0.3 is 8.85 Å². The van der Waals surface area contributed by atoms with Crippen molar-refractivity contribution in [1.82, 2.24) is 0 Å². The first-order valence-corrected chi connectivity index (χ1v) is 20.0. The van der Waals surface area contributed by atoms with Crippen molar-refractivity contribution in [1.29, 1.82) is 0 Å². The van der Waals surface area contributed by atoms with Crippen LogP contribution in [0.3, 0.4) is 0 Å². The first-order chi connectivity index (χ1) is 15.1. The summed E-state index contributed by atoms with van der Waals surface area (Å²) < 4.78 is 13.1. The Labute approximate surface area is 203 Å². The molecule has 33 heavy (non-hydrogen) atoms. The van der Waals surface area contributed by atoms with Crippen molar-refractivity contribution >= 4 is 28.2 Å². The molecule has 0 radical (unpaired) electrons. The van der Waals surface area contributed by atoms with Gasteiger partial charge in [0.1, 0.15) is 0 Å². The fourth-order valence-corrected chi connectivity index (χ4v) is 9.85. The van der Waals surface area contributed by atoms with Gasteiger partial charge in [0.05, 0.1) is 6.61 Å². The van der Waals surface area contributed by atoms with Crippen LogP contribution in [0.15, 0.2) is 11.6 Å². The van der Waals surface area contributed by atoms with Crippen LogP contribution in [0, 0.1) is 34.5 Å². The molecule has 3 saturated carbocycles. The number of carbonyl (C=O) groups excluding carboxylic acids is 2. The van der Waals surface area contributed by atoms with Crippen LogP contribution in [0.5, 0.6) is 0 Å². The van der Waals surface area contributed by atoms with Crippen molar-refractivity contribution in [3.8, 4) is 0 Å². The molecule has 0 spiro atoms. The fraction of sp³-hybridized carbons (Fsp3) is 0.852. The third-order valence-corrected chi connectivity index (χ3v) is 11.4. The summed E-state index contributed by atoms with van der Waals surface area (Å²) in [5.74, 6) is 2.32. The lowest BCUT2D eigenvalue weighted by Crippen LogP contribution is -2.59. The lowest BCUT2D eigenvalue weighted by Gasteiger charge is -2.61. The van der Waals surface area contributed by atoms with Crippen LogP contribution < -0.4 is 0 Å². The predicted molar refractivity (Wildman–Crippen MR) is 138 cm³/mol. The van der Waals surface area contributed by atoms with Crippen molar-refractivity contribution in [2.24, 2.45) is 34.5 Å². The fourth-order valence-electron chi connectivity index (χ4n) is 8.13. The molecule has 0 saturated heterocycles. The van der Waals surface area contributed by atoms with Crippen molar-refractivity contribution in [2.75, 3.05) is 6.61 Å². The average molecular weight is 491 g/mol. The van der Waals surface area contributed by atoms with Crippen LogP contribution >= 0.6 is 0 Å². The van der Waals surface area contributed by atoms with Crippen molar-refractivity contribution in [3.05, 3.63) is 11.6 Å². The van der Waals surface area contributed by atoms with Crippen LogP contribution in [0.25, 0.3) is 0 Å². The molecule has 4 aliphatic rings. The summed E-state index contributed by atoms with van der Waals surface area (Å²) in [5, 5.41) is 0. The molecule has 6 heteroatoms. The minimum atomic E-state index is -1.78. The highest BCUT2D eigenvalue weighted by Gasteiger charge is 2.63. The van der Waals surface area contributed by atoms with E-state index in [1.807, 2.05) is 6.08 Å². The summed E-state index contributed by atoms with van der Waals surface area (Å²) >= 11 is 0. The molecule has 0 N–H and O–H groups in total. The van der Waals surface area contributed by atoms with Crippen LogP contribution in [0.4, 0.5) is 0 Å². The van der Waals surface area contributed by atoms with Crippen LogP contribution in [-0.4, -0.2) is 40.9 Å². The quantitative estimate of drug-likeness (QED) is 0.405. The molecule has 4 aliphatic carbocycles. The number of hydrogen-bond acceptors (Lipinski definition) is 4. The molecule has 0 aromatic heterocycles. The zero-order valence-electron chi connectivity index (χ0n) is 22.3. The highest BCUT2D eigenvalue weighted by atomic mass is 28.4.